The van der Waals surface area contributed by atoms with Gasteiger partial charge in [0.25, 0.3) is 5.91 Å². The topological polar surface area (TPSA) is 207 Å². The van der Waals surface area contributed by atoms with Gasteiger partial charge in [0.15, 0.2) is 11.4 Å². The molecule has 2 aromatic rings. The van der Waals surface area contributed by atoms with Crippen LogP contribution in [0.5, 0.6) is 5.75 Å². The van der Waals surface area contributed by atoms with Crippen LogP contribution in [0.3, 0.4) is 0 Å². The van der Waals surface area contributed by atoms with Crippen LogP contribution in [0.2, 0.25) is 0 Å². The van der Waals surface area contributed by atoms with Gasteiger partial charge in [0, 0.05) is 29.4 Å². The van der Waals surface area contributed by atoms with Crippen LogP contribution in [0.1, 0.15) is 24.0 Å². The molecule has 0 unspecified atom stereocenters. The smallest absolute Gasteiger partial charge is 0.255 e. The van der Waals surface area contributed by atoms with E-state index in [0.717, 1.165) is 0 Å². The van der Waals surface area contributed by atoms with Crippen molar-refractivity contribution in [2.75, 3.05) is 14.1 Å². The predicted octanol–water partition coefficient (Wildman–Crippen LogP) is -0.0472. The number of nitrogens with zero attached hydrogens (tertiary/aromatic N) is 3. The maximum Gasteiger partial charge on any atom is 0.255 e. The highest BCUT2D eigenvalue weighted by Gasteiger charge is 2.68. The standard InChI is InChI=1S/C26H26N4O8/c1-9-13-10(11-8-28-6-7-29-11)4-5-12(31)15(13)20(32)16-14(9)21(33)18-19(30(2)3)22(34)17(25(27)37)24(36)26(18,38)23(16)35/h4-9,14,18-19,21,31-33,36,38H,1-3H3,(H2,27,37)/t9-,14+,18+,19-,21-,26-/m1/s1. The first-order valence-corrected chi connectivity index (χ1v) is 11.8. The molecule has 7 N–H and O–H groups in total. The van der Waals surface area contributed by atoms with E-state index in [1.807, 2.05) is 0 Å². The molecular formula is C26H26N4O8. The Morgan fingerprint density at radius 1 is 1.13 bits per heavy atom. The van der Waals surface area contributed by atoms with Crippen molar-refractivity contribution in [2.45, 2.75) is 30.6 Å². The molecule has 0 radical (unpaired) electrons. The lowest BCUT2D eigenvalue weighted by molar-refractivity contribution is -0.169. The number of benzene rings is 1. The Kier molecular flexibility index (Phi) is 5.67. The number of aromatic hydroxyl groups is 1. The van der Waals surface area contributed by atoms with Gasteiger partial charge in [-0.1, -0.05) is 6.92 Å². The molecule has 1 saturated carbocycles. The average molecular weight is 523 g/mol. The lowest BCUT2D eigenvalue weighted by Crippen LogP contribution is -2.70. The molecule has 0 spiro atoms. The summed E-state index contributed by atoms with van der Waals surface area (Å²) in [6, 6.07) is 1.46. The van der Waals surface area contributed by atoms with E-state index in [0.29, 0.717) is 16.8 Å². The van der Waals surface area contributed by atoms with E-state index in [-0.39, 0.29) is 11.3 Å². The molecule has 12 heteroatoms. The zero-order valence-corrected chi connectivity index (χ0v) is 20.7. The number of primary amides is 1. The van der Waals surface area contributed by atoms with Crippen molar-refractivity contribution in [1.29, 1.82) is 0 Å². The predicted molar refractivity (Wildman–Crippen MR) is 131 cm³/mol. The van der Waals surface area contributed by atoms with Gasteiger partial charge in [-0.05, 0) is 37.7 Å². The molecule has 0 saturated heterocycles. The first kappa shape index (κ1) is 25.5. The van der Waals surface area contributed by atoms with Gasteiger partial charge in [-0.25, -0.2) is 0 Å². The normalized spacial score (nSPS) is 30.7. The zero-order chi connectivity index (χ0) is 27.8. The monoisotopic (exact) mass is 522 g/mol. The summed E-state index contributed by atoms with van der Waals surface area (Å²) in [6.45, 7) is 1.66. The van der Waals surface area contributed by atoms with Gasteiger partial charge >= 0.3 is 0 Å². The summed E-state index contributed by atoms with van der Waals surface area (Å²) in [5, 5.41) is 56.5. The Bertz CT molecular complexity index is 1470. The van der Waals surface area contributed by atoms with E-state index in [2.05, 4.69) is 9.97 Å². The summed E-state index contributed by atoms with van der Waals surface area (Å²) < 4.78 is 0. The summed E-state index contributed by atoms with van der Waals surface area (Å²) in [7, 11) is 2.90. The number of fused-ring (bicyclic) bond motifs is 3. The van der Waals surface area contributed by atoms with E-state index in [9.17, 15) is 39.9 Å². The van der Waals surface area contributed by atoms with Crippen molar-refractivity contribution in [3.8, 4) is 17.0 Å². The molecule has 198 valence electrons. The van der Waals surface area contributed by atoms with Crippen LogP contribution in [-0.2, 0) is 14.4 Å². The second kappa shape index (κ2) is 8.45. The third-order valence-electron chi connectivity index (χ3n) is 7.95. The number of ketones is 2. The number of amides is 1. The third kappa shape index (κ3) is 3.11. The van der Waals surface area contributed by atoms with E-state index in [1.54, 1.807) is 13.0 Å². The zero-order valence-electron chi connectivity index (χ0n) is 20.7. The summed E-state index contributed by atoms with van der Waals surface area (Å²) in [5.74, 6) is -9.45. The molecule has 1 aromatic carbocycles. The number of nitrogens with two attached hydrogens (primary N) is 1. The Labute approximate surface area is 216 Å². The van der Waals surface area contributed by atoms with E-state index >= 15 is 0 Å². The van der Waals surface area contributed by atoms with Crippen LogP contribution in [0.25, 0.3) is 17.0 Å². The minimum absolute atomic E-state index is 0.107. The number of aliphatic hydroxyl groups is 4. The number of hydrogen-bond donors (Lipinski definition) is 6. The van der Waals surface area contributed by atoms with Gasteiger partial charge in [-0.2, -0.15) is 0 Å². The van der Waals surface area contributed by atoms with Crippen LogP contribution < -0.4 is 5.73 Å². The maximum absolute atomic E-state index is 14.0. The highest BCUT2D eigenvalue weighted by Crippen LogP contribution is 2.57. The molecule has 6 atom stereocenters. The Morgan fingerprint density at radius 2 is 1.82 bits per heavy atom. The first-order chi connectivity index (χ1) is 17.8. The lowest BCUT2D eigenvalue weighted by atomic mass is 9.54. The second-order valence-electron chi connectivity index (χ2n) is 10.1. The molecular weight excluding hydrogens is 496 g/mol. The maximum atomic E-state index is 14.0. The van der Waals surface area contributed by atoms with Crippen molar-refractivity contribution < 1.29 is 39.9 Å². The number of phenolic OH excluding ortho intramolecular Hbond substituents is 1. The van der Waals surface area contributed by atoms with Gasteiger partial charge < -0.3 is 31.3 Å². The van der Waals surface area contributed by atoms with E-state index in [1.165, 1.54) is 43.7 Å². The van der Waals surface area contributed by atoms with Crippen LogP contribution in [-0.4, -0.2) is 89.7 Å². The molecule has 3 aliphatic carbocycles. The van der Waals surface area contributed by atoms with Crippen molar-refractivity contribution >= 4 is 23.2 Å². The van der Waals surface area contributed by atoms with Gasteiger partial charge in [-0.3, -0.25) is 29.3 Å². The van der Waals surface area contributed by atoms with Gasteiger partial charge in [0.1, 0.15) is 22.8 Å². The molecule has 5 rings (SSSR count). The SMILES string of the molecule is C[C@@H]1c2c(-c3cnccn3)ccc(O)c2C(O)=C2C(=O)[C@@]3(O)C(O)=C(C(N)=O)C(=O)[C@H](N(C)C)[C@H]3[C@H](O)[C@H]21. The fourth-order valence-electron chi connectivity index (χ4n) is 6.36. The van der Waals surface area contributed by atoms with E-state index in [4.69, 9.17) is 5.73 Å². The molecule has 1 amide bonds. The average Bonchev–Trinajstić information content (AvgIpc) is 2.86. The number of aliphatic hydroxyl groups excluding tert-OH is 3. The number of likely N-dealkylation sites (N-methyl/N-ethyl adjacent to an activating group) is 1. The molecule has 3 aliphatic rings. The number of hydrogen-bond acceptors (Lipinski definition) is 11. The van der Waals surface area contributed by atoms with Gasteiger partial charge in [0.2, 0.25) is 5.78 Å². The summed E-state index contributed by atoms with van der Waals surface area (Å²) >= 11 is 0. The van der Waals surface area contributed by atoms with E-state index < -0.39 is 75.6 Å². The van der Waals surface area contributed by atoms with Crippen molar-refractivity contribution in [1.82, 2.24) is 14.9 Å². The number of rotatable bonds is 3. The summed E-state index contributed by atoms with van der Waals surface area (Å²) in [4.78, 5) is 49.0. The number of carbonyl (C=O) groups excluding carboxylic acids is 3. The fraction of sp³-hybridized carbons (Fsp3) is 0.346. The quantitative estimate of drug-likeness (QED) is 0.295. The third-order valence-corrected chi connectivity index (χ3v) is 7.95. The lowest BCUT2D eigenvalue weighted by Gasteiger charge is -2.53. The van der Waals surface area contributed by atoms with Crippen molar-refractivity contribution in [3.05, 3.63) is 58.8 Å². The molecule has 1 heterocycles. The second-order valence-corrected chi connectivity index (χ2v) is 10.1. The van der Waals surface area contributed by atoms with Crippen molar-refractivity contribution in [3.63, 3.8) is 0 Å². The minimum Gasteiger partial charge on any atom is -0.508 e. The molecule has 1 aromatic heterocycles. The molecule has 1 fully saturated rings. The summed E-state index contributed by atoms with van der Waals surface area (Å²) in [6.07, 6.45) is 2.74. The Morgan fingerprint density at radius 3 is 2.39 bits per heavy atom. The molecule has 38 heavy (non-hydrogen) atoms. The Hall–Kier alpha value is -4.13. The van der Waals surface area contributed by atoms with Crippen LogP contribution in [0, 0.1) is 11.8 Å². The minimum atomic E-state index is -2.96. The molecule has 0 aliphatic heterocycles. The van der Waals surface area contributed by atoms with Gasteiger partial charge in [0.05, 0.1) is 35.5 Å². The number of carbonyl (C=O) groups is 3. The molecule has 12 nitrogen and oxygen atoms in total. The Balaban J connectivity index is 1.83. The van der Waals surface area contributed by atoms with Crippen molar-refractivity contribution in [2.24, 2.45) is 17.6 Å². The van der Waals surface area contributed by atoms with Crippen LogP contribution in [0.15, 0.2) is 47.6 Å². The fourth-order valence-corrected chi connectivity index (χ4v) is 6.36. The largest absolute Gasteiger partial charge is 0.508 e. The van der Waals surface area contributed by atoms with Crippen LogP contribution in [0.4, 0.5) is 0 Å². The molecule has 0 bridgehead atoms. The summed E-state index contributed by atoms with van der Waals surface area (Å²) in [5.41, 5.74) is 2.10. The van der Waals surface area contributed by atoms with Gasteiger partial charge in [-0.15, -0.1) is 0 Å². The highest BCUT2D eigenvalue weighted by atomic mass is 16.4. The highest BCUT2D eigenvalue weighted by molar-refractivity contribution is 6.24. The first-order valence-electron chi connectivity index (χ1n) is 11.8. The number of aromatic nitrogens is 2. The number of Topliss-reactive ketones (excluding diaryl/α,β-unsaturated/α-hetero) is 2. The number of phenols is 1. The van der Waals surface area contributed by atoms with Crippen LogP contribution >= 0.6 is 0 Å².